The summed E-state index contributed by atoms with van der Waals surface area (Å²) in [7, 11) is 0. The second kappa shape index (κ2) is 7.31. The van der Waals surface area contributed by atoms with Gasteiger partial charge in [0.05, 0.1) is 18.8 Å². The lowest BCUT2D eigenvalue weighted by molar-refractivity contribution is 0.314. The first-order valence-corrected chi connectivity index (χ1v) is 8.50. The maximum absolute atomic E-state index is 5.84. The molecule has 1 aromatic carbocycles. The van der Waals surface area contributed by atoms with Crippen molar-refractivity contribution in [2.75, 3.05) is 6.61 Å². The quantitative estimate of drug-likeness (QED) is 0.617. The molecule has 3 atom stereocenters. The van der Waals surface area contributed by atoms with Crippen LogP contribution in [0.2, 0.25) is 0 Å². The van der Waals surface area contributed by atoms with Crippen LogP contribution in [0.1, 0.15) is 69.1 Å². The Morgan fingerprint density at radius 1 is 1.10 bits per heavy atom. The highest BCUT2D eigenvalue weighted by atomic mass is 16.6. The smallest absolute Gasteiger partial charge is 0.122 e. The maximum Gasteiger partial charge on any atom is 0.122 e. The van der Waals surface area contributed by atoms with Gasteiger partial charge in [-0.05, 0) is 68.2 Å². The van der Waals surface area contributed by atoms with Crippen LogP contribution in [0, 0.1) is 13.8 Å². The molecule has 1 heterocycles. The van der Waals surface area contributed by atoms with E-state index in [1.807, 2.05) is 0 Å². The Kier molecular flexibility index (Phi) is 5.69. The highest BCUT2D eigenvalue weighted by Crippen LogP contribution is 2.38. The second-order valence-electron chi connectivity index (χ2n) is 6.21. The fourth-order valence-corrected chi connectivity index (χ4v) is 3.17. The average molecular weight is 290 g/mol. The molecule has 1 aliphatic heterocycles. The van der Waals surface area contributed by atoms with E-state index in [0.29, 0.717) is 18.1 Å². The molecule has 21 heavy (non-hydrogen) atoms. The monoisotopic (exact) mass is 290 g/mol. The fourth-order valence-electron chi connectivity index (χ4n) is 3.17. The SMILES string of the molecule is CCCOc1ccc(C(CC)CC2OC2CC)c(C)c1C. The van der Waals surface area contributed by atoms with Crippen molar-refractivity contribution in [3.63, 3.8) is 0 Å². The largest absolute Gasteiger partial charge is 0.493 e. The first-order chi connectivity index (χ1) is 10.1. The highest BCUT2D eigenvalue weighted by molar-refractivity contribution is 5.45. The van der Waals surface area contributed by atoms with Gasteiger partial charge in [0.2, 0.25) is 0 Å². The normalized spacial score (nSPS) is 22.1. The predicted octanol–water partition coefficient (Wildman–Crippen LogP) is 5.15. The van der Waals surface area contributed by atoms with E-state index in [0.717, 1.165) is 31.6 Å². The van der Waals surface area contributed by atoms with Crippen LogP contribution in [0.4, 0.5) is 0 Å². The zero-order valence-electron chi connectivity index (χ0n) is 14.2. The standard InChI is InChI=1S/C19H30O2/c1-6-11-20-18-10-9-16(13(4)14(18)5)15(7-2)12-19-17(8-3)21-19/h9-10,15,17,19H,6-8,11-12H2,1-5H3. The van der Waals surface area contributed by atoms with Crippen LogP contribution in [0.15, 0.2) is 12.1 Å². The third-order valence-electron chi connectivity index (χ3n) is 4.78. The van der Waals surface area contributed by atoms with E-state index in [-0.39, 0.29) is 0 Å². The van der Waals surface area contributed by atoms with Crippen molar-refractivity contribution in [1.82, 2.24) is 0 Å². The Hall–Kier alpha value is -1.02. The van der Waals surface area contributed by atoms with Gasteiger partial charge in [-0.1, -0.05) is 26.8 Å². The lowest BCUT2D eigenvalue weighted by Gasteiger charge is -2.20. The first-order valence-electron chi connectivity index (χ1n) is 8.50. The number of ether oxygens (including phenoxy) is 2. The minimum absolute atomic E-state index is 0.482. The summed E-state index contributed by atoms with van der Waals surface area (Å²) in [6.07, 6.45) is 5.51. The van der Waals surface area contributed by atoms with Crippen molar-refractivity contribution in [2.24, 2.45) is 0 Å². The van der Waals surface area contributed by atoms with Crippen LogP contribution in [-0.2, 0) is 4.74 Å². The third kappa shape index (κ3) is 3.79. The van der Waals surface area contributed by atoms with Gasteiger partial charge in [0, 0.05) is 0 Å². The molecule has 0 spiro atoms. The Bertz CT molecular complexity index is 467. The van der Waals surface area contributed by atoms with Crippen molar-refractivity contribution >= 4 is 0 Å². The first kappa shape index (κ1) is 16.4. The number of rotatable bonds is 8. The van der Waals surface area contributed by atoms with Crippen LogP contribution in [0.25, 0.3) is 0 Å². The van der Waals surface area contributed by atoms with Gasteiger partial charge in [-0.15, -0.1) is 0 Å². The molecular weight excluding hydrogens is 260 g/mol. The van der Waals surface area contributed by atoms with Crippen LogP contribution < -0.4 is 4.74 Å². The van der Waals surface area contributed by atoms with Crippen molar-refractivity contribution in [2.45, 2.75) is 78.4 Å². The molecule has 0 aliphatic carbocycles. The van der Waals surface area contributed by atoms with Gasteiger partial charge in [0.25, 0.3) is 0 Å². The summed E-state index contributed by atoms with van der Waals surface area (Å²) >= 11 is 0. The van der Waals surface area contributed by atoms with Crippen LogP contribution in [0.3, 0.4) is 0 Å². The molecule has 2 heteroatoms. The highest BCUT2D eigenvalue weighted by Gasteiger charge is 2.38. The van der Waals surface area contributed by atoms with Crippen molar-refractivity contribution in [3.8, 4) is 5.75 Å². The molecule has 1 aromatic rings. The zero-order chi connectivity index (χ0) is 15.4. The molecular formula is C19H30O2. The lowest BCUT2D eigenvalue weighted by Crippen LogP contribution is -2.07. The summed E-state index contributed by atoms with van der Waals surface area (Å²) in [6.45, 7) is 11.8. The van der Waals surface area contributed by atoms with Gasteiger partial charge in [-0.3, -0.25) is 0 Å². The topological polar surface area (TPSA) is 21.8 Å². The fraction of sp³-hybridized carbons (Fsp3) is 0.684. The summed E-state index contributed by atoms with van der Waals surface area (Å²) in [5, 5.41) is 0. The molecule has 0 amide bonds. The number of benzene rings is 1. The van der Waals surface area contributed by atoms with E-state index in [2.05, 4.69) is 46.8 Å². The van der Waals surface area contributed by atoms with Crippen molar-refractivity contribution in [3.05, 3.63) is 28.8 Å². The minimum Gasteiger partial charge on any atom is -0.493 e. The molecule has 1 aliphatic rings. The predicted molar refractivity (Wildman–Crippen MR) is 88.3 cm³/mol. The van der Waals surface area contributed by atoms with E-state index in [1.165, 1.54) is 23.1 Å². The van der Waals surface area contributed by atoms with Gasteiger partial charge in [-0.2, -0.15) is 0 Å². The summed E-state index contributed by atoms with van der Waals surface area (Å²) in [5.41, 5.74) is 4.16. The molecule has 2 nitrogen and oxygen atoms in total. The summed E-state index contributed by atoms with van der Waals surface area (Å²) in [4.78, 5) is 0. The molecule has 118 valence electrons. The van der Waals surface area contributed by atoms with Gasteiger partial charge < -0.3 is 9.47 Å². The maximum atomic E-state index is 5.84. The zero-order valence-corrected chi connectivity index (χ0v) is 14.2. The number of epoxide rings is 1. The molecule has 3 unspecified atom stereocenters. The Balaban J connectivity index is 2.12. The molecule has 0 radical (unpaired) electrons. The number of hydrogen-bond donors (Lipinski definition) is 0. The van der Waals surface area contributed by atoms with Gasteiger partial charge >= 0.3 is 0 Å². The molecule has 2 rings (SSSR count). The van der Waals surface area contributed by atoms with Gasteiger partial charge in [0.15, 0.2) is 0 Å². The van der Waals surface area contributed by atoms with Crippen molar-refractivity contribution in [1.29, 1.82) is 0 Å². The number of hydrogen-bond acceptors (Lipinski definition) is 2. The molecule has 1 fully saturated rings. The van der Waals surface area contributed by atoms with E-state index in [4.69, 9.17) is 9.47 Å². The van der Waals surface area contributed by atoms with Crippen molar-refractivity contribution < 1.29 is 9.47 Å². The van der Waals surface area contributed by atoms with Gasteiger partial charge in [-0.25, -0.2) is 0 Å². The lowest BCUT2D eigenvalue weighted by atomic mass is 9.86. The van der Waals surface area contributed by atoms with Crippen LogP contribution in [-0.4, -0.2) is 18.8 Å². The molecule has 0 N–H and O–H groups in total. The molecule has 0 bridgehead atoms. The molecule has 0 saturated carbocycles. The van der Waals surface area contributed by atoms with Crippen LogP contribution in [0.5, 0.6) is 5.75 Å². The van der Waals surface area contributed by atoms with Crippen LogP contribution >= 0.6 is 0 Å². The Labute approximate surface area is 129 Å². The minimum atomic E-state index is 0.482. The summed E-state index contributed by atoms with van der Waals surface area (Å²) < 4.78 is 11.6. The third-order valence-corrected chi connectivity index (χ3v) is 4.78. The average Bonchev–Trinajstić information content (AvgIpc) is 3.25. The molecule has 0 aromatic heterocycles. The van der Waals surface area contributed by atoms with E-state index in [1.54, 1.807) is 0 Å². The summed E-state index contributed by atoms with van der Waals surface area (Å²) in [5.74, 6) is 1.65. The Morgan fingerprint density at radius 3 is 2.43 bits per heavy atom. The second-order valence-corrected chi connectivity index (χ2v) is 6.21. The van der Waals surface area contributed by atoms with E-state index < -0.39 is 0 Å². The molecule has 1 saturated heterocycles. The van der Waals surface area contributed by atoms with E-state index in [9.17, 15) is 0 Å². The Morgan fingerprint density at radius 2 is 1.86 bits per heavy atom. The summed E-state index contributed by atoms with van der Waals surface area (Å²) in [6, 6.07) is 4.42. The van der Waals surface area contributed by atoms with Gasteiger partial charge in [0.1, 0.15) is 5.75 Å². The van der Waals surface area contributed by atoms with E-state index >= 15 is 0 Å².